The number of benzene rings is 1. The highest BCUT2D eigenvalue weighted by Crippen LogP contribution is 2.22. The van der Waals surface area contributed by atoms with E-state index in [4.69, 9.17) is 5.73 Å². The topological polar surface area (TPSA) is 26.0 Å². The van der Waals surface area contributed by atoms with Crippen LogP contribution in [0.15, 0.2) is 24.3 Å². The highest BCUT2D eigenvalue weighted by Gasteiger charge is 2.05. The average Bonchev–Trinajstić information content (AvgIpc) is 2.34. The fraction of sp³-hybridized carbons (Fsp3) is 0.600. The lowest BCUT2D eigenvalue weighted by molar-refractivity contribution is 0.579. The maximum Gasteiger partial charge on any atom is 0.0178 e. The second-order valence-electron chi connectivity index (χ2n) is 4.70. The van der Waals surface area contributed by atoms with Crippen molar-refractivity contribution in [1.82, 2.24) is 0 Å². The third kappa shape index (κ3) is 4.36. The Hall–Kier alpha value is -0.820. The Morgan fingerprint density at radius 3 is 2.69 bits per heavy atom. The van der Waals surface area contributed by atoms with Gasteiger partial charge in [0.15, 0.2) is 0 Å². The van der Waals surface area contributed by atoms with Crippen LogP contribution in [0.3, 0.4) is 0 Å². The largest absolute Gasteiger partial charge is 0.326 e. The third-order valence-electron chi connectivity index (χ3n) is 3.25. The number of nitrogens with two attached hydrogens (primary N) is 1. The Kier molecular flexibility index (Phi) is 6.17. The zero-order chi connectivity index (χ0) is 11.8. The fourth-order valence-electron chi connectivity index (χ4n) is 2.07. The predicted molar refractivity (Wildman–Crippen MR) is 71.5 cm³/mol. The Morgan fingerprint density at radius 2 is 2.00 bits per heavy atom. The van der Waals surface area contributed by atoms with E-state index in [2.05, 4.69) is 38.1 Å². The van der Waals surface area contributed by atoms with Gasteiger partial charge in [0.2, 0.25) is 0 Å². The van der Waals surface area contributed by atoms with E-state index in [1.165, 1.54) is 43.2 Å². The van der Waals surface area contributed by atoms with Gasteiger partial charge in [-0.15, -0.1) is 0 Å². The normalized spacial score (nSPS) is 12.7. The molecule has 1 nitrogen and oxygen atoms in total. The summed E-state index contributed by atoms with van der Waals surface area (Å²) in [6.45, 7) is 5.23. The molecular weight excluding hydrogens is 194 g/mol. The maximum absolute atomic E-state index is 5.66. The van der Waals surface area contributed by atoms with Gasteiger partial charge in [0, 0.05) is 6.54 Å². The van der Waals surface area contributed by atoms with Gasteiger partial charge in [0.05, 0.1) is 0 Å². The third-order valence-corrected chi connectivity index (χ3v) is 3.25. The standard InChI is InChI=1S/C15H25N/c1-3-4-5-6-8-13(2)15-10-7-9-14(11-15)12-16/h7,9-11,13H,3-6,8,12,16H2,1-2H3. The summed E-state index contributed by atoms with van der Waals surface area (Å²) in [5, 5.41) is 0. The van der Waals surface area contributed by atoms with Gasteiger partial charge in [-0.25, -0.2) is 0 Å². The lowest BCUT2D eigenvalue weighted by Gasteiger charge is -2.12. The molecule has 0 aliphatic heterocycles. The van der Waals surface area contributed by atoms with Gasteiger partial charge in [0.1, 0.15) is 0 Å². The van der Waals surface area contributed by atoms with Crippen molar-refractivity contribution in [2.45, 2.75) is 58.4 Å². The molecule has 1 rings (SSSR count). The minimum atomic E-state index is 0.649. The first-order chi connectivity index (χ1) is 7.77. The number of rotatable bonds is 7. The molecule has 0 aliphatic rings. The molecule has 0 bridgehead atoms. The Labute approximate surface area is 100 Å². The molecule has 90 valence electrons. The molecule has 0 aromatic heterocycles. The van der Waals surface area contributed by atoms with Gasteiger partial charge >= 0.3 is 0 Å². The van der Waals surface area contributed by atoms with Gasteiger partial charge in [-0.3, -0.25) is 0 Å². The molecule has 0 amide bonds. The van der Waals surface area contributed by atoms with Crippen molar-refractivity contribution in [3.63, 3.8) is 0 Å². The van der Waals surface area contributed by atoms with Crippen LogP contribution in [0.5, 0.6) is 0 Å². The van der Waals surface area contributed by atoms with Crippen LogP contribution in [0.4, 0.5) is 0 Å². The van der Waals surface area contributed by atoms with Gasteiger partial charge in [-0.1, -0.05) is 63.8 Å². The van der Waals surface area contributed by atoms with Crippen LogP contribution in [-0.2, 0) is 6.54 Å². The van der Waals surface area contributed by atoms with E-state index < -0.39 is 0 Å². The quantitative estimate of drug-likeness (QED) is 0.683. The number of unbranched alkanes of at least 4 members (excludes halogenated alkanes) is 3. The van der Waals surface area contributed by atoms with Crippen LogP contribution < -0.4 is 5.73 Å². The molecule has 0 aliphatic carbocycles. The zero-order valence-electron chi connectivity index (χ0n) is 10.7. The van der Waals surface area contributed by atoms with Crippen molar-refractivity contribution in [2.75, 3.05) is 0 Å². The molecule has 0 spiro atoms. The Balaban J connectivity index is 2.42. The molecule has 1 aromatic rings. The summed E-state index contributed by atoms with van der Waals surface area (Å²) in [6.07, 6.45) is 6.71. The van der Waals surface area contributed by atoms with E-state index in [1.54, 1.807) is 0 Å². The Morgan fingerprint density at radius 1 is 1.19 bits per heavy atom. The molecule has 1 heteroatoms. The van der Waals surface area contributed by atoms with E-state index in [9.17, 15) is 0 Å². The van der Waals surface area contributed by atoms with Crippen LogP contribution in [0.25, 0.3) is 0 Å². The van der Waals surface area contributed by atoms with Crippen LogP contribution in [0.2, 0.25) is 0 Å². The molecular formula is C15H25N. The summed E-state index contributed by atoms with van der Waals surface area (Å²) in [7, 11) is 0. The molecule has 1 atom stereocenters. The van der Waals surface area contributed by atoms with E-state index >= 15 is 0 Å². The van der Waals surface area contributed by atoms with Crippen molar-refractivity contribution in [1.29, 1.82) is 0 Å². The zero-order valence-corrected chi connectivity index (χ0v) is 10.7. The number of hydrogen-bond acceptors (Lipinski definition) is 1. The summed E-state index contributed by atoms with van der Waals surface area (Å²) in [6, 6.07) is 8.71. The van der Waals surface area contributed by atoms with Crippen molar-refractivity contribution < 1.29 is 0 Å². The van der Waals surface area contributed by atoms with Crippen molar-refractivity contribution in [3.05, 3.63) is 35.4 Å². The molecule has 1 unspecified atom stereocenters. The highest BCUT2D eigenvalue weighted by molar-refractivity contribution is 5.25. The second kappa shape index (κ2) is 7.45. The predicted octanol–water partition coefficient (Wildman–Crippen LogP) is 4.22. The SMILES string of the molecule is CCCCCCC(C)c1cccc(CN)c1. The number of hydrogen-bond donors (Lipinski definition) is 1. The van der Waals surface area contributed by atoms with Gasteiger partial charge < -0.3 is 5.73 Å². The van der Waals surface area contributed by atoms with E-state index in [0.717, 1.165) is 0 Å². The second-order valence-corrected chi connectivity index (χ2v) is 4.70. The summed E-state index contributed by atoms with van der Waals surface area (Å²) in [4.78, 5) is 0. The van der Waals surface area contributed by atoms with Crippen LogP contribution in [-0.4, -0.2) is 0 Å². The molecule has 16 heavy (non-hydrogen) atoms. The van der Waals surface area contributed by atoms with Crippen LogP contribution in [0.1, 0.15) is 63.0 Å². The lowest BCUT2D eigenvalue weighted by atomic mass is 9.93. The van der Waals surface area contributed by atoms with Crippen molar-refractivity contribution in [2.24, 2.45) is 5.73 Å². The van der Waals surface area contributed by atoms with Gasteiger partial charge in [-0.2, -0.15) is 0 Å². The van der Waals surface area contributed by atoms with Crippen LogP contribution >= 0.6 is 0 Å². The van der Waals surface area contributed by atoms with Crippen molar-refractivity contribution in [3.8, 4) is 0 Å². The first-order valence-corrected chi connectivity index (χ1v) is 6.56. The fourth-order valence-corrected chi connectivity index (χ4v) is 2.07. The monoisotopic (exact) mass is 219 g/mol. The minimum absolute atomic E-state index is 0.649. The highest BCUT2D eigenvalue weighted by atomic mass is 14.5. The van der Waals surface area contributed by atoms with Gasteiger partial charge in [-0.05, 0) is 23.5 Å². The molecule has 0 saturated heterocycles. The lowest BCUT2D eigenvalue weighted by Crippen LogP contribution is -1.99. The summed E-state index contributed by atoms with van der Waals surface area (Å²) in [5.74, 6) is 0.670. The average molecular weight is 219 g/mol. The summed E-state index contributed by atoms with van der Waals surface area (Å²) in [5.41, 5.74) is 8.35. The molecule has 0 saturated carbocycles. The molecule has 2 N–H and O–H groups in total. The first kappa shape index (κ1) is 13.2. The van der Waals surface area contributed by atoms with Crippen LogP contribution in [0, 0.1) is 0 Å². The molecule has 1 aromatic carbocycles. The van der Waals surface area contributed by atoms with Crippen molar-refractivity contribution >= 4 is 0 Å². The van der Waals surface area contributed by atoms with E-state index in [-0.39, 0.29) is 0 Å². The van der Waals surface area contributed by atoms with E-state index in [0.29, 0.717) is 12.5 Å². The first-order valence-electron chi connectivity index (χ1n) is 6.56. The van der Waals surface area contributed by atoms with Gasteiger partial charge in [0.25, 0.3) is 0 Å². The molecule has 0 radical (unpaired) electrons. The summed E-state index contributed by atoms with van der Waals surface area (Å²) >= 11 is 0. The minimum Gasteiger partial charge on any atom is -0.326 e. The smallest absolute Gasteiger partial charge is 0.0178 e. The molecule has 0 heterocycles. The van der Waals surface area contributed by atoms with E-state index in [1.807, 2.05) is 0 Å². The summed E-state index contributed by atoms with van der Waals surface area (Å²) < 4.78 is 0. The maximum atomic E-state index is 5.66. The Bertz CT molecular complexity index is 293. The molecule has 0 fully saturated rings.